The molecule has 0 radical (unpaired) electrons. The average molecular weight is 385 g/mol. The molecule has 8 heteroatoms. The second-order valence-corrected chi connectivity index (χ2v) is 7.09. The Morgan fingerprint density at radius 1 is 1.26 bits per heavy atom. The first-order valence-electron chi connectivity index (χ1n) is 9.01. The quantitative estimate of drug-likeness (QED) is 0.629. The fourth-order valence-electron chi connectivity index (χ4n) is 3.43. The minimum Gasteiger partial charge on any atom is -0.376 e. The fourth-order valence-corrected chi connectivity index (χ4v) is 3.55. The van der Waals surface area contributed by atoms with E-state index in [0.717, 1.165) is 48.5 Å². The van der Waals surface area contributed by atoms with Crippen LogP contribution in [0.3, 0.4) is 0 Å². The van der Waals surface area contributed by atoms with E-state index in [0.29, 0.717) is 5.02 Å². The van der Waals surface area contributed by atoms with Gasteiger partial charge in [0.25, 0.3) is 0 Å². The lowest BCUT2D eigenvalue weighted by molar-refractivity contribution is -0.120. The van der Waals surface area contributed by atoms with Gasteiger partial charge in [0.05, 0.1) is 11.9 Å². The lowest BCUT2D eigenvalue weighted by Crippen LogP contribution is -2.49. The Morgan fingerprint density at radius 3 is 2.96 bits per heavy atom. The van der Waals surface area contributed by atoms with E-state index in [-0.39, 0.29) is 18.5 Å². The largest absolute Gasteiger partial charge is 0.376 e. The molecule has 27 heavy (non-hydrogen) atoms. The predicted octanol–water partition coefficient (Wildman–Crippen LogP) is 2.81. The number of anilines is 2. The molecule has 0 bridgehead atoms. The topological polar surface area (TPSA) is 85.9 Å². The molecular weight excluding hydrogens is 364 g/mol. The number of H-pyrrole nitrogens is 1. The number of carbonyl (C=O) groups excluding carboxylic acids is 1. The van der Waals surface area contributed by atoms with E-state index in [2.05, 4.69) is 30.5 Å². The summed E-state index contributed by atoms with van der Waals surface area (Å²) < 4.78 is 0. The van der Waals surface area contributed by atoms with Gasteiger partial charge in [-0.1, -0.05) is 11.6 Å². The minimum atomic E-state index is -0.0220. The van der Waals surface area contributed by atoms with Crippen LogP contribution in [0.2, 0.25) is 5.02 Å². The summed E-state index contributed by atoms with van der Waals surface area (Å²) in [5.74, 6) is 0.894. The van der Waals surface area contributed by atoms with Crippen molar-refractivity contribution in [1.82, 2.24) is 20.3 Å². The maximum absolute atomic E-state index is 12.3. The van der Waals surface area contributed by atoms with Gasteiger partial charge in [-0.3, -0.25) is 4.79 Å². The molecule has 7 nitrogen and oxygen atoms in total. The van der Waals surface area contributed by atoms with Crippen molar-refractivity contribution in [1.29, 1.82) is 0 Å². The molecule has 4 rings (SSSR count). The highest BCUT2D eigenvalue weighted by molar-refractivity contribution is 6.30. The molecule has 0 aliphatic carbocycles. The summed E-state index contributed by atoms with van der Waals surface area (Å²) in [5.41, 5.74) is 1.70. The van der Waals surface area contributed by atoms with Crippen LogP contribution in [-0.4, -0.2) is 46.5 Å². The number of nitrogens with one attached hydrogen (secondary N) is 3. The van der Waals surface area contributed by atoms with Crippen molar-refractivity contribution >= 4 is 40.0 Å². The van der Waals surface area contributed by atoms with Crippen molar-refractivity contribution in [2.24, 2.45) is 0 Å². The summed E-state index contributed by atoms with van der Waals surface area (Å²) in [5, 5.41) is 7.92. The van der Waals surface area contributed by atoms with Crippen LogP contribution in [0.4, 0.5) is 11.5 Å². The summed E-state index contributed by atoms with van der Waals surface area (Å²) >= 11 is 5.87. The maximum atomic E-state index is 12.3. The zero-order chi connectivity index (χ0) is 18.6. The highest BCUT2D eigenvalue weighted by Gasteiger charge is 2.23. The van der Waals surface area contributed by atoms with Crippen LogP contribution in [0.5, 0.6) is 0 Å². The Kier molecular flexibility index (Phi) is 5.11. The number of piperidine rings is 1. The van der Waals surface area contributed by atoms with E-state index in [1.54, 1.807) is 18.5 Å². The van der Waals surface area contributed by atoms with E-state index >= 15 is 0 Å². The molecule has 140 valence electrons. The van der Waals surface area contributed by atoms with E-state index < -0.39 is 0 Å². The number of aromatic nitrogens is 3. The third-order valence-electron chi connectivity index (χ3n) is 4.72. The minimum absolute atomic E-state index is 0.0220. The molecule has 1 aromatic carbocycles. The number of fused-ring (bicyclic) bond motifs is 1. The molecule has 0 spiro atoms. The number of hydrogen-bond acceptors (Lipinski definition) is 5. The number of nitrogens with zero attached hydrogens (tertiary/aromatic N) is 3. The van der Waals surface area contributed by atoms with Gasteiger partial charge in [-0.25, -0.2) is 9.97 Å². The Bertz CT molecular complexity index is 925. The van der Waals surface area contributed by atoms with Gasteiger partial charge < -0.3 is 20.5 Å². The van der Waals surface area contributed by atoms with Gasteiger partial charge in [0.1, 0.15) is 17.8 Å². The zero-order valence-corrected chi connectivity index (χ0v) is 15.5. The van der Waals surface area contributed by atoms with E-state index in [1.807, 2.05) is 24.4 Å². The average Bonchev–Trinajstić information content (AvgIpc) is 3.16. The number of amides is 1. The number of rotatable bonds is 5. The molecule has 0 saturated carbocycles. The third kappa shape index (κ3) is 4.14. The standard InChI is InChI=1S/C19H21ClN6O/c20-13-3-5-14(6-4-13)22-10-17(27)25-15-2-1-9-26(11-15)19-16-7-8-21-18(16)23-12-24-19/h3-8,12,15,22H,1-2,9-11H2,(H,25,27)(H,21,23,24)/t15-/m1/s1. The van der Waals surface area contributed by atoms with Gasteiger partial charge in [-0.15, -0.1) is 0 Å². The molecule has 2 aromatic heterocycles. The Balaban J connectivity index is 1.35. The fraction of sp³-hybridized carbons (Fsp3) is 0.316. The van der Waals surface area contributed by atoms with Gasteiger partial charge >= 0.3 is 0 Å². The summed E-state index contributed by atoms with van der Waals surface area (Å²) in [4.78, 5) is 26.4. The van der Waals surface area contributed by atoms with E-state index in [1.165, 1.54) is 0 Å². The second-order valence-electron chi connectivity index (χ2n) is 6.65. The first-order chi connectivity index (χ1) is 13.2. The monoisotopic (exact) mass is 384 g/mol. The SMILES string of the molecule is O=C(CNc1ccc(Cl)cc1)N[C@@H]1CCCN(c2ncnc3[nH]ccc23)C1. The number of benzene rings is 1. The maximum Gasteiger partial charge on any atom is 0.239 e. The Hall–Kier alpha value is -2.80. The zero-order valence-electron chi connectivity index (χ0n) is 14.8. The highest BCUT2D eigenvalue weighted by atomic mass is 35.5. The molecule has 1 fully saturated rings. The van der Waals surface area contributed by atoms with Crippen molar-refractivity contribution in [3.05, 3.63) is 47.9 Å². The first kappa shape index (κ1) is 17.6. The lowest BCUT2D eigenvalue weighted by Gasteiger charge is -2.34. The molecule has 1 amide bonds. The predicted molar refractivity (Wildman–Crippen MR) is 107 cm³/mol. The highest BCUT2D eigenvalue weighted by Crippen LogP contribution is 2.25. The normalized spacial score (nSPS) is 17.1. The van der Waals surface area contributed by atoms with Gasteiger partial charge in [0, 0.05) is 36.0 Å². The van der Waals surface area contributed by atoms with Crippen LogP contribution >= 0.6 is 11.6 Å². The molecule has 1 aliphatic heterocycles. The lowest BCUT2D eigenvalue weighted by atomic mass is 10.1. The molecule has 3 heterocycles. The summed E-state index contributed by atoms with van der Waals surface area (Å²) in [6.45, 7) is 1.89. The first-order valence-corrected chi connectivity index (χ1v) is 9.39. The van der Waals surface area contributed by atoms with Crippen LogP contribution in [0.15, 0.2) is 42.9 Å². The van der Waals surface area contributed by atoms with Crippen molar-refractivity contribution in [3.8, 4) is 0 Å². The second kappa shape index (κ2) is 7.84. The number of hydrogen-bond donors (Lipinski definition) is 3. The van der Waals surface area contributed by atoms with Crippen molar-refractivity contribution in [3.63, 3.8) is 0 Å². The van der Waals surface area contributed by atoms with Gasteiger partial charge in [-0.2, -0.15) is 0 Å². The molecule has 1 atom stereocenters. The summed E-state index contributed by atoms with van der Waals surface area (Å²) in [6.07, 6.45) is 5.41. The van der Waals surface area contributed by atoms with Crippen molar-refractivity contribution in [2.45, 2.75) is 18.9 Å². The number of halogens is 1. The Labute approximate surface area is 162 Å². The van der Waals surface area contributed by atoms with Gasteiger partial charge in [-0.05, 0) is 43.2 Å². The third-order valence-corrected chi connectivity index (χ3v) is 4.97. The van der Waals surface area contributed by atoms with Crippen LogP contribution < -0.4 is 15.5 Å². The van der Waals surface area contributed by atoms with E-state index in [9.17, 15) is 4.79 Å². The summed E-state index contributed by atoms with van der Waals surface area (Å²) in [7, 11) is 0. The molecular formula is C19H21ClN6O. The number of carbonyl (C=O) groups is 1. The van der Waals surface area contributed by atoms with Crippen LogP contribution in [-0.2, 0) is 4.79 Å². The molecule has 1 saturated heterocycles. The molecule has 1 aliphatic rings. The molecule has 3 aromatic rings. The van der Waals surface area contributed by atoms with Crippen molar-refractivity contribution in [2.75, 3.05) is 29.9 Å². The molecule has 0 unspecified atom stereocenters. The van der Waals surface area contributed by atoms with Crippen molar-refractivity contribution < 1.29 is 4.79 Å². The van der Waals surface area contributed by atoms with Gasteiger partial charge in [0.15, 0.2) is 0 Å². The van der Waals surface area contributed by atoms with Crippen LogP contribution in [0, 0.1) is 0 Å². The summed E-state index contributed by atoms with van der Waals surface area (Å²) in [6, 6.07) is 9.39. The Morgan fingerprint density at radius 2 is 2.11 bits per heavy atom. The van der Waals surface area contributed by atoms with Gasteiger partial charge in [0.2, 0.25) is 5.91 Å². The smallest absolute Gasteiger partial charge is 0.239 e. The van der Waals surface area contributed by atoms with Crippen LogP contribution in [0.1, 0.15) is 12.8 Å². The number of aromatic amines is 1. The van der Waals surface area contributed by atoms with E-state index in [4.69, 9.17) is 11.6 Å². The molecule has 3 N–H and O–H groups in total. The van der Waals surface area contributed by atoms with Crippen LogP contribution in [0.25, 0.3) is 11.0 Å².